The number of hydrogen-bond acceptors (Lipinski definition) is 5. The number of aromatic nitrogens is 2. The van der Waals surface area contributed by atoms with Gasteiger partial charge >= 0.3 is 0 Å². The van der Waals surface area contributed by atoms with Crippen molar-refractivity contribution < 1.29 is 9.32 Å². The first-order valence-electron chi connectivity index (χ1n) is 2.66. The minimum Gasteiger partial charge on any atom is -0.337 e. The molecular formula is C5H5N3O2. The molecule has 0 aromatic carbocycles. The van der Waals surface area contributed by atoms with Crippen LogP contribution in [0.5, 0.6) is 0 Å². The van der Waals surface area contributed by atoms with Crippen molar-refractivity contribution in [1.82, 2.24) is 10.1 Å². The van der Waals surface area contributed by atoms with Crippen LogP contribution < -0.4 is 0 Å². The van der Waals surface area contributed by atoms with Gasteiger partial charge in [-0.05, 0) is 6.92 Å². The molecule has 1 heterocycles. The van der Waals surface area contributed by atoms with Gasteiger partial charge in [0.2, 0.25) is 12.0 Å². The standard InChI is InChI=1S/C5H5N3O2/c1-4-7-5(10-8-4)2-6-3-9/h2H2,1H3. The highest BCUT2D eigenvalue weighted by Crippen LogP contribution is 1.95. The topological polar surface area (TPSA) is 68.3 Å². The molecule has 0 fully saturated rings. The van der Waals surface area contributed by atoms with Crippen LogP contribution in [0.4, 0.5) is 0 Å². The average molecular weight is 139 g/mol. The third-order valence-electron chi connectivity index (χ3n) is 0.849. The molecule has 0 saturated carbocycles. The highest BCUT2D eigenvalue weighted by Gasteiger charge is 1.98. The minimum absolute atomic E-state index is 0.115. The molecule has 0 N–H and O–H groups in total. The SMILES string of the molecule is Cc1noc(CN=C=O)n1. The monoisotopic (exact) mass is 139 g/mol. The van der Waals surface area contributed by atoms with Gasteiger partial charge in [-0.3, -0.25) is 0 Å². The van der Waals surface area contributed by atoms with Crippen molar-refractivity contribution in [3.8, 4) is 0 Å². The van der Waals surface area contributed by atoms with E-state index in [-0.39, 0.29) is 6.54 Å². The van der Waals surface area contributed by atoms with E-state index < -0.39 is 0 Å². The molecule has 0 unspecified atom stereocenters. The first kappa shape index (κ1) is 6.64. The zero-order chi connectivity index (χ0) is 7.40. The van der Waals surface area contributed by atoms with Gasteiger partial charge in [-0.1, -0.05) is 5.16 Å². The van der Waals surface area contributed by atoms with Gasteiger partial charge < -0.3 is 4.52 Å². The molecular weight excluding hydrogens is 134 g/mol. The van der Waals surface area contributed by atoms with Crippen LogP contribution in [0.2, 0.25) is 0 Å². The smallest absolute Gasteiger partial charge is 0.249 e. The van der Waals surface area contributed by atoms with Gasteiger partial charge in [0.25, 0.3) is 0 Å². The number of aliphatic imine (C=N–C) groups is 1. The van der Waals surface area contributed by atoms with Gasteiger partial charge in [0, 0.05) is 0 Å². The number of rotatable bonds is 2. The largest absolute Gasteiger partial charge is 0.337 e. The zero-order valence-electron chi connectivity index (χ0n) is 5.37. The van der Waals surface area contributed by atoms with Gasteiger partial charge in [-0.2, -0.15) is 9.98 Å². The van der Waals surface area contributed by atoms with Crippen molar-refractivity contribution in [2.24, 2.45) is 4.99 Å². The van der Waals surface area contributed by atoms with Crippen LogP contribution in [0.1, 0.15) is 11.7 Å². The van der Waals surface area contributed by atoms with Gasteiger partial charge in [0.1, 0.15) is 6.54 Å². The normalized spacial score (nSPS) is 8.90. The van der Waals surface area contributed by atoms with E-state index in [1.54, 1.807) is 6.92 Å². The lowest BCUT2D eigenvalue weighted by atomic mass is 10.6. The predicted molar refractivity (Wildman–Crippen MR) is 30.9 cm³/mol. The average Bonchev–Trinajstić information content (AvgIpc) is 2.31. The van der Waals surface area contributed by atoms with Gasteiger partial charge in [-0.25, -0.2) is 4.79 Å². The summed E-state index contributed by atoms with van der Waals surface area (Å²) < 4.78 is 4.63. The molecule has 0 radical (unpaired) electrons. The zero-order valence-corrected chi connectivity index (χ0v) is 5.37. The van der Waals surface area contributed by atoms with E-state index >= 15 is 0 Å². The van der Waals surface area contributed by atoms with E-state index in [0.29, 0.717) is 11.7 Å². The molecule has 10 heavy (non-hydrogen) atoms. The Morgan fingerprint density at radius 3 is 3.10 bits per heavy atom. The van der Waals surface area contributed by atoms with E-state index in [9.17, 15) is 4.79 Å². The number of hydrogen-bond donors (Lipinski definition) is 0. The number of aryl methyl sites for hydroxylation is 1. The molecule has 0 aliphatic carbocycles. The molecule has 1 aromatic rings. The Morgan fingerprint density at radius 2 is 2.60 bits per heavy atom. The molecule has 0 aliphatic heterocycles. The van der Waals surface area contributed by atoms with E-state index in [1.165, 1.54) is 6.08 Å². The minimum atomic E-state index is 0.115. The maximum atomic E-state index is 9.60. The third-order valence-corrected chi connectivity index (χ3v) is 0.849. The Kier molecular flexibility index (Phi) is 1.92. The van der Waals surface area contributed by atoms with Crippen LogP contribution in [-0.2, 0) is 11.3 Å². The predicted octanol–water partition coefficient (Wildman–Crippen LogP) is 0.214. The Bertz CT molecular complexity index is 262. The van der Waals surface area contributed by atoms with Gasteiger partial charge in [0.05, 0.1) is 0 Å². The fraction of sp³-hybridized carbons (Fsp3) is 0.400. The van der Waals surface area contributed by atoms with Crippen LogP contribution in [0.15, 0.2) is 9.52 Å². The summed E-state index contributed by atoms with van der Waals surface area (Å²) in [4.78, 5) is 16.7. The van der Waals surface area contributed by atoms with Crippen LogP contribution >= 0.6 is 0 Å². The fourth-order valence-electron chi connectivity index (χ4n) is 0.504. The first-order chi connectivity index (χ1) is 4.83. The summed E-state index contributed by atoms with van der Waals surface area (Å²) >= 11 is 0. The lowest BCUT2D eigenvalue weighted by molar-refractivity contribution is 0.376. The third kappa shape index (κ3) is 1.50. The molecule has 5 heteroatoms. The second kappa shape index (κ2) is 2.89. The molecule has 0 bridgehead atoms. The molecule has 0 spiro atoms. The van der Waals surface area contributed by atoms with Crippen LogP contribution in [0, 0.1) is 6.92 Å². The Balaban J connectivity index is 2.66. The second-order valence-corrected chi connectivity index (χ2v) is 1.64. The van der Waals surface area contributed by atoms with Crippen molar-refractivity contribution in [3.05, 3.63) is 11.7 Å². The summed E-state index contributed by atoms with van der Waals surface area (Å²) in [7, 11) is 0. The highest BCUT2D eigenvalue weighted by atomic mass is 16.5. The highest BCUT2D eigenvalue weighted by molar-refractivity contribution is 5.32. The Hall–Kier alpha value is -1.48. The second-order valence-electron chi connectivity index (χ2n) is 1.64. The quantitative estimate of drug-likeness (QED) is 0.434. The van der Waals surface area contributed by atoms with Crippen LogP contribution in [-0.4, -0.2) is 16.2 Å². The summed E-state index contributed by atoms with van der Waals surface area (Å²) in [5.74, 6) is 0.872. The summed E-state index contributed by atoms with van der Waals surface area (Å²) in [6, 6.07) is 0. The maximum absolute atomic E-state index is 9.60. The molecule has 52 valence electrons. The Morgan fingerprint density at radius 1 is 1.80 bits per heavy atom. The van der Waals surface area contributed by atoms with Crippen molar-refractivity contribution in [2.75, 3.05) is 0 Å². The van der Waals surface area contributed by atoms with Crippen molar-refractivity contribution >= 4 is 6.08 Å². The van der Waals surface area contributed by atoms with Gasteiger partial charge in [-0.15, -0.1) is 0 Å². The molecule has 5 nitrogen and oxygen atoms in total. The number of isocyanates is 1. The summed E-state index contributed by atoms with van der Waals surface area (Å²) in [6.07, 6.45) is 1.37. The van der Waals surface area contributed by atoms with Crippen molar-refractivity contribution in [3.63, 3.8) is 0 Å². The molecule has 0 aliphatic rings. The van der Waals surface area contributed by atoms with E-state index in [4.69, 9.17) is 0 Å². The van der Waals surface area contributed by atoms with Gasteiger partial charge in [0.15, 0.2) is 5.82 Å². The first-order valence-corrected chi connectivity index (χ1v) is 2.66. The van der Waals surface area contributed by atoms with E-state index in [2.05, 4.69) is 19.7 Å². The molecule has 0 saturated heterocycles. The lowest BCUT2D eigenvalue weighted by Crippen LogP contribution is -1.79. The van der Waals surface area contributed by atoms with Crippen molar-refractivity contribution in [2.45, 2.75) is 13.5 Å². The van der Waals surface area contributed by atoms with E-state index in [1.807, 2.05) is 0 Å². The lowest BCUT2D eigenvalue weighted by Gasteiger charge is -1.76. The summed E-state index contributed by atoms with van der Waals surface area (Å²) in [6.45, 7) is 1.81. The Labute approximate surface area is 56.8 Å². The number of nitrogens with zero attached hydrogens (tertiary/aromatic N) is 3. The fourth-order valence-corrected chi connectivity index (χ4v) is 0.504. The van der Waals surface area contributed by atoms with Crippen LogP contribution in [0.25, 0.3) is 0 Å². The van der Waals surface area contributed by atoms with Crippen LogP contribution in [0.3, 0.4) is 0 Å². The summed E-state index contributed by atoms with van der Waals surface area (Å²) in [5, 5.41) is 3.49. The molecule has 1 aromatic heterocycles. The maximum Gasteiger partial charge on any atom is 0.249 e. The summed E-state index contributed by atoms with van der Waals surface area (Å²) in [5.41, 5.74) is 0. The molecule has 0 atom stereocenters. The number of carbonyl (C=O) groups excluding carboxylic acids is 1. The van der Waals surface area contributed by atoms with Crippen molar-refractivity contribution in [1.29, 1.82) is 0 Å². The van der Waals surface area contributed by atoms with E-state index in [0.717, 1.165) is 0 Å². The molecule has 1 rings (SSSR count). The molecule has 0 amide bonds.